The standard InChI is InChI=1S/C14H20N4O3/c15-13(19)9-21-11-3-1-10(2-4-11)8-18-6-5-17-7-12(18)14(16)20/h1-4,12,17H,5-9H2,(H2,15,19)(H2,16,20). The second-order valence-corrected chi connectivity index (χ2v) is 4.99. The summed E-state index contributed by atoms with van der Waals surface area (Å²) in [7, 11) is 0. The number of primary amides is 2. The highest BCUT2D eigenvalue weighted by atomic mass is 16.5. The van der Waals surface area contributed by atoms with Crippen LogP contribution >= 0.6 is 0 Å². The second kappa shape index (κ2) is 7.05. The lowest BCUT2D eigenvalue weighted by Crippen LogP contribution is -2.56. The number of hydrogen-bond donors (Lipinski definition) is 3. The molecular weight excluding hydrogens is 272 g/mol. The zero-order chi connectivity index (χ0) is 15.2. The van der Waals surface area contributed by atoms with Gasteiger partial charge < -0.3 is 21.5 Å². The third-order valence-corrected chi connectivity index (χ3v) is 3.37. The van der Waals surface area contributed by atoms with Gasteiger partial charge in [0, 0.05) is 26.2 Å². The smallest absolute Gasteiger partial charge is 0.255 e. The van der Waals surface area contributed by atoms with E-state index in [0.29, 0.717) is 18.8 Å². The molecule has 1 fully saturated rings. The van der Waals surface area contributed by atoms with Crippen molar-refractivity contribution in [2.24, 2.45) is 11.5 Å². The molecule has 114 valence electrons. The Bertz CT molecular complexity index is 503. The largest absolute Gasteiger partial charge is 0.484 e. The fraction of sp³-hybridized carbons (Fsp3) is 0.429. The minimum absolute atomic E-state index is 0.138. The Morgan fingerprint density at radius 3 is 2.62 bits per heavy atom. The van der Waals surface area contributed by atoms with Gasteiger partial charge in [-0.3, -0.25) is 14.5 Å². The SMILES string of the molecule is NC(=O)COc1ccc(CN2CCNCC2C(N)=O)cc1. The number of rotatable bonds is 6. The molecule has 1 aliphatic heterocycles. The van der Waals surface area contributed by atoms with Gasteiger partial charge in [-0.1, -0.05) is 12.1 Å². The van der Waals surface area contributed by atoms with E-state index in [-0.39, 0.29) is 18.6 Å². The van der Waals surface area contributed by atoms with E-state index in [9.17, 15) is 9.59 Å². The van der Waals surface area contributed by atoms with E-state index in [4.69, 9.17) is 16.2 Å². The molecule has 1 heterocycles. The molecule has 7 heteroatoms. The van der Waals surface area contributed by atoms with E-state index in [1.165, 1.54) is 0 Å². The summed E-state index contributed by atoms with van der Waals surface area (Å²) in [5.74, 6) is -0.239. The minimum Gasteiger partial charge on any atom is -0.484 e. The van der Waals surface area contributed by atoms with Crippen LogP contribution in [-0.2, 0) is 16.1 Å². The number of carbonyl (C=O) groups excluding carboxylic acids is 2. The summed E-state index contributed by atoms with van der Waals surface area (Å²) in [6.07, 6.45) is 0. The van der Waals surface area contributed by atoms with Gasteiger partial charge in [0.25, 0.3) is 5.91 Å². The zero-order valence-corrected chi connectivity index (χ0v) is 11.7. The van der Waals surface area contributed by atoms with E-state index < -0.39 is 5.91 Å². The highest BCUT2D eigenvalue weighted by Crippen LogP contribution is 2.15. The van der Waals surface area contributed by atoms with Gasteiger partial charge in [-0.2, -0.15) is 0 Å². The van der Waals surface area contributed by atoms with Crippen molar-refractivity contribution in [2.75, 3.05) is 26.2 Å². The lowest BCUT2D eigenvalue weighted by molar-refractivity contribution is -0.124. The van der Waals surface area contributed by atoms with Gasteiger partial charge in [-0.15, -0.1) is 0 Å². The Balaban J connectivity index is 1.95. The number of nitrogens with two attached hydrogens (primary N) is 2. The van der Waals surface area contributed by atoms with Crippen LogP contribution in [0.15, 0.2) is 24.3 Å². The van der Waals surface area contributed by atoms with Crippen molar-refractivity contribution >= 4 is 11.8 Å². The molecule has 1 aliphatic rings. The van der Waals surface area contributed by atoms with Crippen LogP contribution in [-0.4, -0.2) is 49.0 Å². The third kappa shape index (κ3) is 4.44. The number of ether oxygens (including phenoxy) is 1. The van der Waals surface area contributed by atoms with Crippen LogP contribution in [0.2, 0.25) is 0 Å². The number of amides is 2. The van der Waals surface area contributed by atoms with Gasteiger partial charge in [0.1, 0.15) is 11.8 Å². The summed E-state index contributed by atoms with van der Waals surface area (Å²) in [6, 6.07) is 7.07. The molecule has 0 bridgehead atoms. The summed E-state index contributed by atoms with van der Waals surface area (Å²) in [5.41, 5.74) is 11.5. The van der Waals surface area contributed by atoms with Crippen LogP contribution < -0.4 is 21.5 Å². The number of hydrogen-bond acceptors (Lipinski definition) is 5. The summed E-state index contributed by atoms with van der Waals surface area (Å²) in [6.45, 7) is 2.69. The van der Waals surface area contributed by atoms with Crippen LogP contribution in [0.3, 0.4) is 0 Å². The lowest BCUT2D eigenvalue weighted by atomic mass is 10.1. The number of piperazine rings is 1. The second-order valence-electron chi connectivity index (χ2n) is 4.99. The van der Waals surface area contributed by atoms with Crippen molar-refractivity contribution in [1.29, 1.82) is 0 Å². The predicted molar refractivity (Wildman–Crippen MR) is 77.4 cm³/mol. The summed E-state index contributed by atoms with van der Waals surface area (Å²) in [4.78, 5) is 24.1. The molecule has 21 heavy (non-hydrogen) atoms. The molecule has 0 saturated carbocycles. The molecule has 1 aromatic rings. The molecule has 2 rings (SSSR count). The Kier molecular flexibility index (Phi) is 5.13. The molecule has 7 nitrogen and oxygen atoms in total. The maximum absolute atomic E-state index is 11.4. The van der Waals surface area contributed by atoms with Gasteiger partial charge in [0.2, 0.25) is 5.91 Å². The number of benzene rings is 1. The summed E-state index contributed by atoms with van der Waals surface area (Å²) >= 11 is 0. The molecule has 1 unspecified atom stereocenters. The monoisotopic (exact) mass is 292 g/mol. The van der Waals surface area contributed by atoms with Crippen molar-refractivity contribution in [3.8, 4) is 5.75 Å². The van der Waals surface area contributed by atoms with Crippen LogP contribution in [0.1, 0.15) is 5.56 Å². The van der Waals surface area contributed by atoms with Crippen molar-refractivity contribution < 1.29 is 14.3 Å². The zero-order valence-electron chi connectivity index (χ0n) is 11.7. The van der Waals surface area contributed by atoms with Gasteiger partial charge in [-0.05, 0) is 17.7 Å². The normalized spacial score (nSPS) is 19.1. The van der Waals surface area contributed by atoms with Crippen LogP contribution in [0.5, 0.6) is 5.75 Å². The lowest BCUT2D eigenvalue weighted by Gasteiger charge is -2.34. The van der Waals surface area contributed by atoms with E-state index in [0.717, 1.165) is 18.7 Å². The first-order chi connectivity index (χ1) is 10.1. The third-order valence-electron chi connectivity index (χ3n) is 3.37. The topological polar surface area (TPSA) is 111 Å². The molecule has 0 aliphatic carbocycles. The molecule has 1 saturated heterocycles. The molecule has 5 N–H and O–H groups in total. The molecule has 0 radical (unpaired) electrons. The van der Waals surface area contributed by atoms with Gasteiger partial charge >= 0.3 is 0 Å². The summed E-state index contributed by atoms with van der Waals surface area (Å²) < 4.78 is 5.20. The predicted octanol–water partition coefficient (Wildman–Crippen LogP) is -1.19. The van der Waals surface area contributed by atoms with Crippen molar-refractivity contribution in [3.63, 3.8) is 0 Å². The summed E-state index contributed by atoms with van der Waals surface area (Å²) in [5, 5.41) is 3.16. The van der Waals surface area contributed by atoms with E-state index in [2.05, 4.69) is 10.2 Å². The molecular formula is C14H20N4O3. The first-order valence-electron chi connectivity index (χ1n) is 6.80. The fourth-order valence-corrected chi connectivity index (χ4v) is 2.30. The van der Waals surface area contributed by atoms with Crippen LogP contribution in [0, 0.1) is 0 Å². The Morgan fingerprint density at radius 1 is 1.29 bits per heavy atom. The van der Waals surface area contributed by atoms with Crippen molar-refractivity contribution in [1.82, 2.24) is 10.2 Å². The average Bonchev–Trinajstić information content (AvgIpc) is 2.47. The van der Waals surface area contributed by atoms with E-state index in [1.807, 2.05) is 12.1 Å². The maximum Gasteiger partial charge on any atom is 0.255 e. The number of carbonyl (C=O) groups is 2. The number of nitrogens with one attached hydrogen (secondary N) is 1. The van der Waals surface area contributed by atoms with E-state index in [1.54, 1.807) is 12.1 Å². The van der Waals surface area contributed by atoms with Crippen LogP contribution in [0.25, 0.3) is 0 Å². The quantitative estimate of drug-likeness (QED) is 0.610. The van der Waals surface area contributed by atoms with Crippen molar-refractivity contribution in [3.05, 3.63) is 29.8 Å². The highest BCUT2D eigenvalue weighted by Gasteiger charge is 2.26. The molecule has 1 atom stereocenters. The molecule has 0 spiro atoms. The van der Waals surface area contributed by atoms with Gasteiger partial charge in [0.05, 0.1) is 0 Å². The minimum atomic E-state index is -0.510. The average molecular weight is 292 g/mol. The molecule has 2 amide bonds. The Morgan fingerprint density at radius 2 is 2.00 bits per heavy atom. The first kappa shape index (κ1) is 15.3. The van der Waals surface area contributed by atoms with Gasteiger partial charge in [0.15, 0.2) is 6.61 Å². The molecule has 0 aromatic heterocycles. The van der Waals surface area contributed by atoms with Gasteiger partial charge in [-0.25, -0.2) is 0 Å². The van der Waals surface area contributed by atoms with Crippen molar-refractivity contribution in [2.45, 2.75) is 12.6 Å². The highest BCUT2D eigenvalue weighted by molar-refractivity contribution is 5.80. The Hall–Kier alpha value is -2.12. The fourth-order valence-electron chi connectivity index (χ4n) is 2.30. The van der Waals surface area contributed by atoms with E-state index >= 15 is 0 Å². The maximum atomic E-state index is 11.4. The Labute approximate surface area is 123 Å². The number of nitrogens with zero attached hydrogens (tertiary/aromatic N) is 1. The van der Waals surface area contributed by atoms with Crippen LogP contribution in [0.4, 0.5) is 0 Å². The first-order valence-corrected chi connectivity index (χ1v) is 6.80. The molecule has 1 aromatic carbocycles.